The van der Waals surface area contributed by atoms with Crippen LogP contribution in [0, 0.1) is 0 Å². The van der Waals surface area contributed by atoms with Gasteiger partial charge in [0.05, 0.1) is 16.4 Å². The Kier molecular flexibility index (Phi) is 4.02. The van der Waals surface area contributed by atoms with Gasteiger partial charge in [-0.2, -0.15) is 8.97 Å². The second kappa shape index (κ2) is 7.14. The molecule has 4 heterocycles. The third-order valence-corrected chi connectivity index (χ3v) is 9.41. The first-order valence-corrected chi connectivity index (χ1v) is 13.2. The summed E-state index contributed by atoms with van der Waals surface area (Å²) >= 11 is 0. The molecule has 2 aliphatic rings. The molecular formula is C35H28N2+2. The molecule has 0 bridgehead atoms. The lowest BCUT2D eigenvalue weighted by atomic mass is 9.83. The fourth-order valence-electron chi connectivity index (χ4n) is 7.46. The Balaban J connectivity index is 1.43. The van der Waals surface area contributed by atoms with Crippen molar-refractivity contribution in [1.82, 2.24) is 0 Å². The molecule has 0 radical (unpaired) electrons. The molecule has 3 atom stereocenters. The number of hydrogen-bond acceptors (Lipinski definition) is 0. The van der Waals surface area contributed by atoms with Crippen LogP contribution in [0.5, 0.6) is 0 Å². The van der Waals surface area contributed by atoms with Crippen LogP contribution in [0.15, 0.2) is 128 Å². The van der Waals surface area contributed by atoms with E-state index in [1.165, 1.54) is 49.9 Å². The maximum atomic E-state index is 2.54. The predicted molar refractivity (Wildman–Crippen MR) is 148 cm³/mol. The lowest BCUT2D eigenvalue weighted by Gasteiger charge is -2.24. The van der Waals surface area contributed by atoms with Gasteiger partial charge in [0, 0.05) is 37.3 Å². The number of aromatic nitrogens is 2. The molecule has 176 valence electrons. The monoisotopic (exact) mass is 476 g/mol. The van der Waals surface area contributed by atoms with Crippen LogP contribution in [0.25, 0.3) is 38.7 Å². The van der Waals surface area contributed by atoms with Gasteiger partial charge in [0.2, 0.25) is 11.2 Å². The van der Waals surface area contributed by atoms with Crippen LogP contribution in [0.3, 0.4) is 0 Å². The molecule has 0 N–H and O–H groups in total. The summed E-state index contributed by atoms with van der Waals surface area (Å²) in [5.74, 6) is 0.328. The van der Waals surface area contributed by atoms with Crippen molar-refractivity contribution in [2.75, 3.05) is 0 Å². The van der Waals surface area contributed by atoms with E-state index in [2.05, 4.69) is 150 Å². The summed E-state index contributed by atoms with van der Waals surface area (Å²) in [5.41, 5.74) is 9.18. The molecule has 1 aliphatic carbocycles. The zero-order valence-electron chi connectivity index (χ0n) is 21.1. The molecule has 3 aromatic carbocycles. The number of pyridine rings is 3. The average molecular weight is 477 g/mol. The van der Waals surface area contributed by atoms with E-state index in [0.717, 1.165) is 0 Å². The van der Waals surface area contributed by atoms with E-state index in [4.69, 9.17) is 0 Å². The maximum absolute atomic E-state index is 2.54. The molecule has 2 nitrogen and oxygen atoms in total. The quantitative estimate of drug-likeness (QED) is 0.188. The zero-order chi connectivity index (χ0) is 24.8. The highest BCUT2D eigenvalue weighted by Crippen LogP contribution is 2.72. The summed E-state index contributed by atoms with van der Waals surface area (Å²) in [6.45, 7) is 4.93. The van der Waals surface area contributed by atoms with Crippen LogP contribution < -0.4 is 8.97 Å². The van der Waals surface area contributed by atoms with Crippen molar-refractivity contribution < 1.29 is 8.97 Å². The fourth-order valence-corrected chi connectivity index (χ4v) is 7.46. The van der Waals surface area contributed by atoms with Crippen molar-refractivity contribution in [3.05, 3.63) is 139 Å². The summed E-state index contributed by atoms with van der Waals surface area (Å²) in [4.78, 5) is 0. The molecule has 37 heavy (non-hydrogen) atoms. The minimum Gasteiger partial charge on any atom is -0.191 e. The Morgan fingerprint density at radius 3 is 2.30 bits per heavy atom. The van der Waals surface area contributed by atoms with E-state index in [1.807, 2.05) is 0 Å². The Morgan fingerprint density at radius 2 is 1.41 bits per heavy atom. The normalized spacial score (nSPS) is 23.4. The molecule has 3 unspecified atom stereocenters. The summed E-state index contributed by atoms with van der Waals surface area (Å²) < 4.78 is 5.00. The number of benzene rings is 3. The van der Waals surface area contributed by atoms with Gasteiger partial charge in [0.1, 0.15) is 5.92 Å². The molecule has 0 amide bonds. The van der Waals surface area contributed by atoms with Gasteiger partial charge < -0.3 is 0 Å². The number of nitrogens with zero attached hydrogens (tertiary/aromatic N) is 2. The smallest absolute Gasteiger partial charge is 0.191 e. The van der Waals surface area contributed by atoms with Gasteiger partial charge in [0.15, 0.2) is 23.6 Å². The van der Waals surface area contributed by atoms with Crippen LogP contribution in [0.2, 0.25) is 0 Å². The van der Waals surface area contributed by atoms with E-state index in [9.17, 15) is 0 Å². The van der Waals surface area contributed by atoms with Crippen molar-refractivity contribution >= 4 is 16.3 Å². The Labute approximate surface area is 217 Å². The van der Waals surface area contributed by atoms with Crippen LogP contribution in [0.4, 0.5) is 0 Å². The van der Waals surface area contributed by atoms with Crippen LogP contribution in [-0.2, 0) is 11.0 Å². The Bertz CT molecular complexity index is 1810. The fraction of sp³-hybridized carbons (Fsp3) is 0.143. The van der Waals surface area contributed by atoms with Gasteiger partial charge >= 0.3 is 0 Å². The average Bonchev–Trinajstić information content (AvgIpc) is 3.50. The molecule has 0 spiro atoms. The molecule has 2 heteroatoms. The SMILES string of the molecule is CC12c3ccccc3-c3cccc[n+]3C1(C)C2c1cc2ccccc2c2cc(-c3ccccc3)cc[n+]12. The lowest BCUT2D eigenvalue weighted by molar-refractivity contribution is -0.733. The minimum absolute atomic E-state index is 0.0108. The van der Waals surface area contributed by atoms with Crippen molar-refractivity contribution in [1.29, 1.82) is 0 Å². The second-order valence-corrected chi connectivity index (χ2v) is 11.0. The predicted octanol–water partition coefficient (Wildman–Crippen LogP) is 6.98. The molecule has 3 aromatic heterocycles. The van der Waals surface area contributed by atoms with E-state index in [0.29, 0.717) is 5.92 Å². The van der Waals surface area contributed by atoms with Gasteiger partial charge in [-0.3, -0.25) is 0 Å². The maximum Gasteiger partial charge on any atom is 0.219 e. The topological polar surface area (TPSA) is 7.98 Å². The van der Waals surface area contributed by atoms with Gasteiger partial charge in [-0.25, -0.2) is 0 Å². The highest BCUT2D eigenvalue weighted by atomic mass is 15.2. The summed E-state index contributed by atoms with van der Waals surface area (Å²) in [6.07, 6.45) is 4.57. The summed E-state index contributed by atoms with van der Waals surface area (Å²) in [7, 11) is 0. The van der Waals surface area contributed by atoms with Crippen LogP contribution in [-0.4, -0.2) is 0 Å². The summed E-state index contributed by atoms with van der Waals surface area (Å²) in [5, 5.41) is 2.58. The largest absolute Gasteiger partial charge is 0.219 e. The first kappa shape index (κ1) is 20.8. The number of fused-ring (bicyclic) bond motifs is 9. The summed E-state index contributed by atoms with van der Waals surface area (Å²) in [6, 6.07) is 42.2. The van der Waals surface area contributed by atoms with E-state index in [1.54, 1.807) is 0 Å². The van der Waals surface area contributed by atoms with Crippen LogP contribution in [0.1, 0.15) is 31.0 Å². The molecule has 8 rings (SSSR count). The van der Waals surface area contributed by atoms with Gasteiger partial charge in [-0.1, -0.05) is 66.7 Å². The van der Waals surface area contributed by atoms with Crippen LogP contribution >= 0.6 is 0 Å². The third kappa shape index (κ3) is 2.55. The molecule has 1 aliphatic heterocycles. The van der Waals surface area contributed by atoms with Crippen molar-refractivity contribution in [2.45, 2.75) is 30.7 Å². The van der Waals surface area contributed by atoms with Crippen molar-refractivity contribution in [2.24, 2.45) is 0 Å². The number of rotatable bonds is 2. The second-order valence-electron chi connectivity index (χ2n) is 11.0. The van der Waals surface area contributed by atoms with Gasteiger partial charge in [-0.05, 0) is 47.2 Å². The molecule has 6 aromatic rings. The lowest BCUT2D eigenvalue weighted by Crippen LogP contribution is -2.53. The first-order valence-electron chi connectivity index (χ1n) is 13.2. The van der Waals surface area contributed by atoms with Gasteiger partial charge in [-0.15, -0.1) is 0 Å². The molecule has 1 saturated carbocycles. The first-order chi connectivity index (χ1) is 18.1. The van der Waals surface area contributed by atoms with E-state index in [-0.39, 0.29) is 11.0 Å². The molecule has 0 saturated heterocycles. The Morgan fingerprint density at radius 1 is 0.649 bits per heavy atom. The standard InChI is InChI=1S/C35H28N2/c1-34-29-17-9-8-16-28(29)30-18-10-11-20-37(30)35(34,2)33(34)32-23-26-14-6-7-15-27(26)31-22-25(19-21-36(31)32)24-12-4-3-5-13-24/h3-23,33H,1-2H3/q+2. The van der Waals surface area contributed by atoms with Crippen molar-refractivity contribution in [3.63, 3.8) is 0 Å². The number of hydrogen-bond donors (Lipinski definition) is 0. The zero-order valence-corrected chi connectivity index (χ0v) is 21.1. The highest BCUT2D eigenvalue weighted by molar-refractivity contribution is 5.95. The van der Waals surface area contributed by atoms with Gasteiger partial charge in [0.25, 0.3) is 0 Å². The molecule has 1 fully saturated rings. The Hall–Kier alpha value is -4.30. The third-order valence-electron chi connectivity index (χ3n) is 9.41. The van der Waals surface area contributed by atoms with E-state index >= 15 is 0 Å². The van der Waals surface area contributed by atoms with Crippen molar-refractivity contribution in [3.8, 4) is 22.4 Å². The minimum atomic E-state index is -0.0571. The highest BCUT2D eigenvalue weighted by Gasteiger charge is 2.84. The van der Waals surface area contributed by atoms with E-state index < -0.39 is 0 Å². The molecular weight excluding hydrogens is 448 g/mol.